The zero-order chi connectivity index (χ0) is 21.5. The number of aryl methyl sites for hydroxylation is 1. The Bertz CT molecular complexity index is 1250. The predicted molar refractivity (Wildman–Crippen MR) is 121 cm³/mol. The Balaban J connectivity index is 1.79. The van der Waals surface area contributed by atoms with E-state index in [0.717, 1.165) is 53.3 Å². The number of anilines is 1. The minimum absolute atomic E-state index is 0.0262. The van der Waals surface area contributed by atoms with Crippen LogP contribution in [-0.4, -0.2) is 38.9 Å². The van der Waals surface area contributed by atoms with Gasteiger partial charge >= 0.3 is 0 Å². The fourth-order valence-corrected chi connectivity index (χ4v) is 4.52. The molecule has 1 aliphatic heterocycles. The highest BCUT2D eigenvalue weighted by atomic mass is 35.5. The van der Waals surface area contributed by atoms with Crippen molar-refractivity contribution in [3.8, 4) is 22.4 Å². The Morgan fingerprint density at radius 1 is 1.13 bits per heavy atom. The van der Waals surface area contributed by atoms with E-state index in [4.69, 9.17) is 21.7 Å². The molecule has 5 nitrogen and oxygen atoms in total. The minimum atomic E-state index is -0.305. The first kappa shape index (κ1) is 20.0. The molecule has 2 aromatic carbocycles. The van der Waals surface area contributed by atoms with Gasteiger partial charge in [-0.25, -0.2) is 13.9 Å². The van der Waals surface area contributed by atoms with Gasteiger partial charge < -0.3 is 10.0 Å². The van der Waals surface area contributed by atoms with Gasteiger partial charge in [0.2, 0.25) is 0 Å². The largest absolute Gasteiger partial charge is 0.394 e. The first-order chi connectivity index (χ1) is 15.0. The molecule has 1 fully saturated rings. The third-order valence-corrected chi connectivity index (χ3v) is 6.14. The standard InChI is InChI=1S/C24H22ClFN4O/c1-15-23(16-7-9-18(25)10-8-16)24-27-22(29-11-3-6-20(29)14-31)13-21(30(24)28-15)17-4-2-5-19(26)12-17/h2,4-5,7-10,12-13,20,31H,3,6,11,14H2,1H3. The molecule has 0 spiro atoms. The van der Waals surface area contributed by atoms with Gasteiger partial charge in [-0.15, -0.1) is 0 Å². The Morgan fingerprint density at radius 3 is 2.68 bits per heavy atom. The average Bonchev–Trinajstić information content (AvgIpc) is 3.37. The van der Waals surface area contributed by atoms with E-state index >= 15 is 0 Å². The smallest absolute Gasteiger partial charge is 0.166 e. The molecule has 31 heavy (non-hydrogen) atoms. The molecular weight excluding hydrogens is 415 g/mol. The summed E-state index contributed by atoms with van der Waals surface area (Å²) in [6, 6.07) is 16.1. The van der Waals surface area contributed by atoms with Crippen molar-refractivity contribution in [1.29, 1.82) is 0 Å². The monoisotopic (exact) mass is 436 g/mol. The van der Waals surface area contributed by atoms with E-state index in [9.17, 15) is 9.50 Å². The van der Waals surface area contributed by atoms with Gasteiger partial charge in [0.1, 0.15) is 11.6 Å². The maximum atomic E-state index is 14.1. The summed E-state index contributed by atoms with van der Waals surface area (Å²) in [5.41, 5.74) is 4.87. The Kier molecular flexibility index (Phi) is 5.12. The van der Waals surface area contributed by atoms with Crippen LogP contribution in [0.25, 0.3) is 28.0 Å². The quantitative estimate of drug-likeness (QED) is 0.482. The number of fused-ring (bicyclic) bond motifs is 1. The van der Waals surface area contributed by atoms with E-state index in [-0.39, 0.29) is 18.5 Å². The van der Waals surface area contributed by atoms with Crippen molar-refractivity contribution in [2.24, 2.45) is 0 Å². The predicted octanol–water partition coefficient (Wildman–Crippen LogP) is 5.13. The molecule has 0 radical (unpaired) electrons. The molecule has 0 aliphatic carbocycles. The van der Waals surface area contributed by atoms with Crippen molar-refractivity contribution >= 4 is 23.1 Å². The third-order valence-electron chi connectivity index (χ3n) is 5.89. The molecule has 1 N–H and O–H groups in total. The lowest BCUT2D eigenvalue weighted by Crippen LogP contribution is -2.32. The van der Waals surface area contributed by atoms with E-state index in [1.807, 2.05) is 43.3 Å². The van der Waals surface area contributed by atoms with Crippen molar-refractivity contribution in [3.63, 3.8) is 0 Å². The lowest BCUT2D eigenvalue weighted by molar-refractivity contribution is 0.266. The number of nitrogens with zero attached hydrogens (tertiary/aromatic N) is 4. The maximum absolute atomic E-state index is 14.1. The number of hydrogen-bond donors (Lipinski definition) is 1. The van der Waals surface area contributed by atoms with Gasteiger partial charge in [0.25, 0.3) is 0 Å². The maximum Gasteiger partial charge on any atom is 0.166 e. The number of aromatic nitrogens is 3. The molecule has 1 saturated heterocycles. The Labute approximate surface area is 184 Å². The second kappa shape index (κ2) is 7.94. The Morgan fingerprint density at radius 2 is 1.94 bits per heavy atom. The van der Waals surface area contributed by atoms with Crippen molar-refractivity contribution in [3.05, 3.63) is 71.1 Å². The average molecular weight is 437 g/mol. The van der Waals surface area contributed by atoms with Gasteiger partial charge in [0.05, 0.1) is 24.0 Å². The molecule has 4 aromatic rings. The summed E-state index contributed by atoms with van der Waals surface area (Å²) in [5.74, 6) is 0.457. The van der Waals surface area contributed by atoms with E-state index in [2.05, 4.69) is 4.90 Å². The molecule has 0 bridgehead atoms. The summed E-state index contributed by atoms with van der Waals surface area (Å²) >= 11 is 6.09. The highest BCUT2D eigenvalue weighted by Gasteiger charge is 2.27. The van der Waals surface area contributed by atoms with Crippen molar-refractivity contribution in [2.45, 2.75) is 25.8 Å². The molecule has 5 rings (SSSR count). The topological polar surface area (TPSA) is 53.7 Å². The minimum Gasteiger partial charge on any atom is -0.394 e. The lowest BCUT2D eigenvalue weighted by Gasteiger charge is -2.25. The number of aliphatic hydroxyl groups is 1. The van der Waals surface area contributed by atoms with Gasteiger partial charge in [0, 0.05) is 28.8 Å². The van der Waals surface area contributed by atoms with Gasteiger partial charge in [-0.05, 0) is 49.6 Å². The summed E-state index contributed by atoms with van der Waals surface area (Å²) in [4.78, 5) is 7.11. The SMILES string of the molecule is Cc1nn2c(-c3cccc(F)c3)cc(N3CCCC3CO)nc2c1-c1ccc(Cl)cc1. The van der Waals surface area contributed by atoms with Crippen LogP contribution >= 0.6 is 11.6 Å². The molecule has 1 unspecified atom stereocenters. The van der Waals surface area contributed by atoms with Gasteiger partial charge in [-0.2, -0.15) is 5.10 Å². The molecule has 158 valence electrons. The summed E-state index contributed by atoms with van der Waals surface area (Å²) < 4.78 is 15.8. The number of halogens is 2. The van der Waals surface area contributed by atoms with Gasteiger partial charge in [-0.3, -0.25) is 0 Å². The van der Waals surface area contributed by atoms with Crippen LogP contribution in [0.4, 0.5) is 10.2 Å². The van der Waals surface area contributed by atoms with Crippen LogP contribution in [0, 0.1) is 12.7 Å². The fourth-order valence-electron chi connectivity index (χ4n) is 4.39. The summed E-state index contributed by atoms with van der Waals surface area (Å²) in [5, 5.41) is 15.3. The molecular formula is C24H22ClFN4O. The normalized spacial score (nSPS) is 16.4. The van der Waals surface area contributed by atoms with Crippen LogP contribution in [0.5, 0.6) is 0 Å². The fraction of sp³-hybridized carbons (Fsp3) is 0.250. The summed E-state index contributed by atoms with van der Waals surface area (Å²) in [7, 11) is 0. The van der Waals surface area contributed by atoms with E-state index < -0.39 is 0 Å². The first-order valence-electron chi connectivity index (χ1n) is 10.3. The third kappa shape index (κ3) is 3.56. The first-order valence-corrected chi connectivity index (χ1v) is 10.7. The van der Waals surface area contributed by atoms with Crippen molar-refractivity contribution in [1.82, 2.24) is 14.6 Å². The van der Waals surface area contributed by atoms with E-state index in [1.165, 1.54) is 12.1 Å². The molecule has 1 atom stereocenters. The molecule has 2 aromatic heterocycles. The molecule has 3 heterocycles. The molecule has 0 amide bonds. The summed E-state index contributed by atoms with van der Waals surface area (Å²) in [6.07, 6.45) is 1.91. The highest BCUT2D eigenvalue weighted by molar-refractivity contribution is 6.30. The van der Waals surface area contributed by atoms with Gasteiger partial charge in [-0.1, -0.05) is 35.9 Å². The number of benzene rings is 2. The number of hydrogen-bond acceptors (Lipinski definition) is 4. The van der Waals surface area contributed by atoms with Crippen molar-refractivity contribution < 1.29 is 9.50 Å². The zero-order valence-corrected chi connectivity index (χ0v) is 17.8. The van der Waals surface area contributed by atoms with Crippen LogP contribution in [0.3, 0.4) is 0 Å². The van der Waals surface area contributed by atoms with E-state index in [0.29, 0.717) is 10.7 Å². The summed E-state index contributed by atoms with van der Waals surface area (Å²) in [6.45, 7) is 2.84. The lowest BCUT2D eigenvalue weighted by atomic mass is 10.1. The molecule has 1 aliphatic rings. The zero-order valence-electron chi connectivity index (χ0n) is 17.1. The second-order valence-electron chi connectivity index (χ2n) is 7.88. The number of aliphatic hydroxyl groups excluding tert-OH is 1. The van der Waals surface area contributed by atoms with Crippen LogP contribution in [-0.2, 0) is 0 Å². The van der Waals surface area contributed by atoms with Crippen LogP contribution < -0.4 is 4.90 Å². The molecule has 7 heteroatoms. The van der Waals surface area contributed by atoms with Crippen LogP contribution in [0.1, 0.15) is 18.5 Å². The van der Waals surface area contributed by atoms with Gasteiger partial charge in [0.15, 0.2) is 5.65 Å². The number of rotatable bonds is 4. The van der Waals surface area contributed by atoms with Crippen LogP contribution in [0.15, 0.2) is 54.6 Å². The molecule has 0 saturated carbocycles. The highest BCUT2D eigenvalue weighted by Crippen LogP contribution is 2.35. The Hall–Kier alpha value is -2.96. The van der Waals surface area contributed by atoms with Crippen LogP contribution in [0.2, 0.25) is 5.02 Å². The van der Waals surface area contributed by atoms with Crippen molar-refractivity contribution in [2.75, 3.05) is 18.1 Å². The second-order valence-corrected chi connectivity index (χ2v) is 8.32. The van der Waals surface area contributed by atoms with E-state index in [1.54, 1.807) is 10.6 Å².